The van der Waals surface area contributed by atoms with Crippen LogP contribution in [0.25, 0.3) is 0 Å². The third-order valence-corrected chi connectivity index (χ3v) is 4.83. The molecule has 24 heavy (non-hydrogen) atoms. The van der Waals surface area contributed by atoms with Gasteiger partial charge in [-0.15, -0.1) is 0 Å². The summed E-state index contributed by atoms with van der Waals surface area (Å²) in [6.07, 6.45) is 0.465. The molecule has 0 aromatic heterocycles. The minimum Gasteiger partial charge on any atom is -0.339 e. The first-order chi connectivity index (χ1) is 11.5. The fourth-order valence-electron chi connectivity index (χ4n) is 3.22. The number of carbonyl (C=O) groups is 3. The Kier molecular flexibility index (Phi) is 4.94. The molecule has 6 nitrogen and oxygen atoms in total. The second kappa shape index (κ2) is 7.13. The summed E-state index contributed by atoms with van der Waals surface area (Å²) in [6, 6.07) is 8.33. The lowest BCUT2D eigenvalue weighted by molar-refractivity contribution is -0.146. The van der Waals surface area contributed by atoms with Gasteiger partial charge in [0.1, 0.15) is 6.54 Å². The van der Waals surface area contributed by atoms with Crippen molar-refractivity contribution in [1.82, 2.24) is 14.7 Å². The van der Waals surface area contributed by atoms with Crippen molar-refractivity contribution in [3.63, 3.8) is 0 Å². The summed E-state index contributed by atoms with van der Waals surface area (Å²) >= 11 is 0. The molecule has 2 aliphatic rings. The Balaban J connectivity index is 1.50. The quantitative estimate of drug-likeness (QED) is 0.766. The first-order valence-corrected chi connectivity index (χ1v) is 8.42. The summed E-state index contributed by atoms with van der Waals surface area (Å²) in [7, 11) is 0. The summed E-state index contributed by atoms with van der Waals surface area (Å²) in [6.45, 7) is 5.79. The van der Waals surface area contributed by atoms with Crippen molar-refractivity contribution in [2.24, 2.45) is 0 Å². The zero-order chi connectivity index (χ0) is 17.1. The third-order valence-electron chi connectivity index (χ3n) is 4.83. The molecule has 0 aliphatic carbocycles. The molecule has 2 saturated heterocycles. The van der Waals surface area contributed by atoms with Crippen LogP contribution in [0.3, 0.4) is 0 Å². The Morgan fingerprint density at radius 2 is 1.62 bits per heavy atom. The first kappa shape index (κ1) is 16.6. The largest absolute Gasteiger partial charge is 0.339 e. The highest BCUT2D eigenvalue weighted by molar-refractivity contribution is 6.04. The molecule has 1 aromatic carbocycles. The van der Waals surface area contributed by atoms with E-state index >= 15 is 0 Å². The number of hydrogen-bond donors (Lipinski definition) is 0. The highest BCUT2D eigenvalue weighted by Crippen LogP contribution is 2.14. The average Bonchev–Trinajstić information content (AvgIpc) is 2.89. The summed E-state index contributed by atoms with van der Waals surface area (Å²) in [5.41, 5.74) is 2.59. The zero-order valence-corrected chi connectivity index (χ0v) is 14.0. The lowest BCUT2D eigenvalue weighted by Crippen LogP contribution is -2.51. The van der Waals surface area contributed by atoms with Gasteiger partial charge in [0.05, 0.1) is 0 Å². The molecule has 128 valence electrons. The second-order valence-electron chi connectivity index (χ2n) is 6.46. The van der Waals surface area contributed by atoms with Crippen LogP contribution in [0, 0.1) is 6.92 Å². The van der Waals surface area contributed by atoms with Crippen molar-refractivity contribution in [1.29, 1.82) is 0 Å². The van der Waals surface area contributed by atoms with Crippen molar-refractivity contribution < 1.29 is 14.4 Å². The molecule has 0 bridgehead atoms. The number of aryl methyl sites for hydroxylation is 1. The fourth-order valence-corrected chi connectivity index (χ4v) is 3.22. The van der Waals surface area contributed by atoms with Crippen molar-refractivity contribution >= 4 is 17.7 Å². The first-order valence-electron chi connectivity index (χ1n) is 8.42. The topological polar surface area (TPSA) is 60.9 Å². The maximum absolute atomic E-state index is 12.3. The van der Waals surface area contributed by atoms with Crippen molar-refractivity contribution in [2.75, 3.05) is 32.7 Å². The Bertz CT molecular complexity index is 635. The predicted molar refractivity (Wildman–Crippen MR) is 89.0 cm³/mol. The van der Waals surface area contributed by atoms with E-state index in [1.54, 1.807) is 4.90 Å². The van der Waals surface area contributed by atoms with Gasteiger partial charge in [-0.1, -0.05) is 24.3 Å². The molecule has 1 aromatic rings. The van der Waals surface area contributed by atoms with Crippen LogP contribution in [0.15, 0.2) is 24.3 Å². The average molecular weight is 329 g/mol. The van der Waals surface area contributed by atoms with Crippen LogP contribution in [0.4, 0.5) is 0 Å². The third kappa shape index (κ3) is 3.64. The molecule has 2 aliphatic heterocycles. The maximum atomic E-state index is 12.3. The number of amides is 3. The standard InChI is InChI=1S/C18H23N3O3/c1-14-4-2-3-5-15(14)12-19-8-10-20(11-9-19)18(24)13-21-16(22)6-7-17(21)23/h2-5H,6-13H2,1H3. The van der Waals surface area contributed by atoms with E-state index in [0.29, 0.717) is 13.1 Å². The van der Waals surface area contributed by atoms with Crippen molar-refractivity contribution in [3.8, 4) is 0 Å². The van der Waals surface area contributed by atoms with E-state index in [0.717, 1.165) is 24.5 Å². The van der Waals surface area contributed by atoms with Gasteiger partial charge in [-0.3, -0.25) is 24.2 Å². The normalized spacial score (nSPS) is 19.2. The number of piperazine rings is 1. The summed E-state index contributed by atoms with van der Waals surface area (Å²) in [4.78, 5) is 40.7. The Labute approximate surface area is 142 Å². The number of rotatable bonds is 4. The van der Waals surface area contributed by atoms with E-state index in [1.807, 2.05) is 12.1 Å². The molecule has 2 fully saturated rings. The van der Waals surface area contributed by atoms with Crippen molar-refractivity contribution in [2.45, 2.75) is 26.3 Å². The smallest absolute Gasteiger partial charge is 0.242 e. The van der Waals surface area contributed by atoms with E-state index in [-0.39, 0.29) is 37.1 Å². The summed E-state index contributed by atoms with van der Waals surface area (Å²) < 4.78 is 0. The van der Waals surface area contributed by atoms with Crippen LogP contribution in [0.5, 0.6) is 0 Å². The van der Waals surface area contributed by atoms with Crippen LogP contribution < -0.4 is 0 Å². The molecular formula is C18H23N3O3. The number of nitrogens with zero attached hydrogens (tertiary/aromatic N) is 3. The molecule has 0 saturated carbocycles. The SMILES string of the molecule is Cc1ccccc1CN1CCN(C(=O)CN2C(=O)CCC2=O)CC1. The van der Waals surface area contributed by atoms with Gasteiger partial charge >= 0.3 is 0 Å². The van der Waals surface area contributed by atoms with Gasteiger partial charge in [0.2, 0.25) is 17.7 Å². The van der Waals surface area contributed by atoms with Gasteiger partial charge in [-0.05, 0) is 18.1 Å². The molecule has 6 heteroatoms. The summed E-state index contributed by atoms with van der Waals surface area (Å²) in [5.74, 6) is -0.591. The highest BCUT2D eigenvalue weighted by Gasteiger charge is 2.32. The Hall–Kier alpha value is -2.21. The van der Waals surface area contributed by atoms with E-state index < -0.39 is 0 Å². The lowest BCUT2D eigenvalue weighted by atomic mass is 10.1. The molecule has 3 rings (SSSR count). The van der Waals surface area contributed by atoms with Gasteiger partial charge in [0.25, 0.3) is 0 Å². The van der Waals surface area contributed by atoms with E-state index in [4.69, 9.17) is 0 Å². The Morgan fingerprint density at radius 3 is 2.25 bits per heavy atom. The monoisotopic (exact) mass is 329 g/mol. The number of benzene rings is 1. The van der Waals surface area contributed by atoms with Gasteiger partial charge in [-0.2, -0.15) is 0 Å². The predicted octanol–water partition coefficient (Wildman–Crippen LogP) is 0.788. The van der Waals surface area contributed by atoms with Crippen LogP contribution in [-0.4, -0.2) is 65.1 Å². The van der Waals surface area contributed by atoms with E-state index in [2.05, 4.69) is 24.0 Å². The van der Waals surface area contributed by atoms with Crippen molar-refractivity contribution in [3.05, 3.63) is 35.4 Å². The second-order valence-corrected chi connectivity index (χ2v) is 6.46. The molecule has 0 spiro atoms. The molecule has 0 atom stereocenters. The van der Waals surface area contributed by atoms with Crippen LogP contribution in [0.1, 0.15) is 24.0 Å². The number of carbonyl (C=O) groups excluding carboxylic acids is 3. The lowest BCUT2D eigenvalue weighted by Gasteiger charge is -2.35. The fraction of sp³-hybridized carbons (Fsp3) is 0.500. The molecule has 0 radical (unpaired) electrons. The van der Waals surface area contributed by atoms with Crippen LogP contribution in [-0.2, 0) is 20.9 Å². The molecule has 0 unspecified atom stereocenters. The van der Waals surface area contributed by atoms with Gasteiger partial charge in [-0.25, -0.2) is 0 Å². The van der Waals surface area contributed by atoms with Crippen LogP contribution >= 0.6 is 0 Å². The molecule has 2 heterocycles. The van der Waals surface area contributed by atoms with Crippen LogP contribution in [0.2, 0.25) is 0 Å². The van der Waals surface area contributed by atoms with Gasteiger partial charge < -0.3 is 4.90 Å². The minimum atomic E-state index is -0.230. The zero-order valence-electron chi connectivity index (χ0n) is 14.0. The number of likely N-dealkylation sites (tertiary alicyclic amines) is 1. The Morgan fingerprint density at radius 1 is 1.00 bits per heavy atom. The number of imide groups is 1. The summed E-state index contributed by atoms with van der Waals surface area (Å²) in [5, 5.41) is 0. The molecule has 3 amide bonds. The molecular weight excluding hydrogens is 306 g/mol. The highest BCUT2D eigenvalue weighted by atomic mass is 16.2. The number of hydrogen-bond acceptors (Lipinski definition) is 4. The van der Waals surface area contributed by atoms with E-state index in [9.17, 15) is 14.4 Å². The van der Waals surface area contributed by atoms with Gasteiger partial charge in [0, 0.05) is 45.6 Å². The van der Waals surface area contributed by atoms with Gasteiger partial charge in [0.15, 0.2) is 0 Å². The van der Waals surface area contributed by atoms with E-state index in [1.165, 1.54) is 11.1 Å². The minimum absolute atomic E-state index is 0.102. The molecule has 0 N–H and O–H groups in total. The maximum Gasteiger partial charge on any atom is 0.242 e.